The Hall–Kier alpha value is -1.38. The zero-order valence-corrected chi connectivity index (χ0v) is 12.1. The molecule has 1 unspecified atom stereocenters. The Morgan fingerprint density at radius 1 is 1.11 bits per heavy atom. The van der Waals surface area contributed by atoms with Crippen molar-refractivity contribution in [1.82, 2.24) is 5.32 Å². The standard InChI is InChI=1S/C16H17ClFN/c1-10-4-5-13(9-16(10)18)12-6-7-14(11(2)19-3)15(17)8-12/h4-9,11,19H,1-3H3. The van der Waals surface area contributed by atoms with E-state index in [9.17, 15) is 4.39 Å². The van der Waals surface area contributed by atoms with Crippen molar-refractivity contribution in [3.63, 3.8) is 0 Å². The van der Waals surface area contributed by atoms with Crippen molar-refractivity contribution >= 4 is 11.6 Å². The minimum atomic E-state index is -0.193. The predicted molar refractivity (Wildman–Crippen MR) is 79.1 cm³/mol. The summed E-state index contributed by atoms with van der Waals surface area (Å²) in [7, 11) is 1.89. The summed E-state index contributed by atoms with van der Waals surface area (Å²) in [4.78, 5) is 0. The summed E-state index contributed by atoms with van der Waals surface area (Å²) in [6.07, 6.45) is 0. The fourth-order valence-electron chi connectivity index (χ4n) is 1.99. The molecule has 0 heterocycles. The fourth-order valence-corrected chi connectivity index (χ4v) is 2.33. The number of nitrogens with one attached hydrogen (secondary N) is 1. The number of rotatable bonds is 3. The monoisotopic (exact) mass is 277 g/mol. The molecule has 1 atom stereocenters. The second-order valence-corrected chi connectivity index (χ2v) is 5.12. The van der Waals surface area contributed by atoms with E-state index in [1.54, 1.807) is 19.1 Å². The summed E-state index contributed by atoms with van der Waals surface area (Å²) in [6, 6.07) is 11.3. The molecule has 19 heavy (non-hydrogen) atoms. The Morgan fingerprint density at radius 3 is 2.32 bits per heavy atom. The number of hydrogen-bond acceptors (Lipinski definition) is 1. The molecule has 0 aromatic heterocycles. The minimum absolute atomic E-state index is 0.191. The van der Waals surface area contributed by atoms with E-state index in [1.165, 1.54) is 0 Å². The normalized spacial score (nSPS) is 12.5. The van der Waals surface area contributed by atoms with E-state index in [4.69, 9.17) is 11.6 Å². The number of halogens is 2. The molecule has 0 fully saturated rings. The van der Waals surface area contributed by atoms with Crippen LogP contribution < -0.4 is 5.32 Å². The van der Waals surface area contributed by atoms with E-state index in [2.05, 4.69) is 5.32 Å². The van der Waals surface area contributed by atoms with Crippen LogP contribution >= 0.6 is 11.6 Å². The largest absolute Gasteiger partial charge is 0.313 e. The van der Waals surface area contributed by atoms with Crippen LogP contribution in [0.15, 0.2) is 36.4 Å². The lowest BCUT2D eigenvalue weighted by atomic mass is 10.0. The van der Waals surface area contributed by atoms with Gasteiger partial charge < -0.3 is 5.32 Å². The highest BCUT2D eigenvalue weighted by molar-refractivity contribution is 6.31. The number of benzene rings is 2. The summed E-state index contributed by atoms with van der Waals surface area (Å²) in [5.41, 5.74) is 3.46. The van der Waals surface area contributed by atoms with Gasteiger partial charge in [0, 0.05) is 11.1 Å². The topological polar surface area (TPSA) is 12.0 Å². The molecule has 0 radical (unpaired) electrons. The lowest BCUT2D eigenvalue weighted by Crippen LogP contribution is -2.12. The molecule has 0 amide bonds. The van der Waals surface area contributed by atoms with Crippen molar-refractivity contribution in [2.24, 2.45) is 0 Å². The van der Waals surface area contributed by atoms with Gasteiger partial charge in [0.25, 0.3) is 0 Å². The Morgan fingerprint density at radius 2 is 1.74 bits per heavy atom. The van der Waals surface area contributed by atoms with Crippen LogP contribution in [0.5, 0.6) is 0 Å². The highest BCUT2D eigenvalue weighted by Crippen LogP contribution is 2.29. The summed E-state index contributed by atoms with van der Waals surface area (Å²) < 4.78 is 13.6. The van der Waals surface area contributed by atoms with Crippen LogP contribution in [0.1, 0.15) is 24.1 Å². The molecule has 1 nitrogen and oxygen atoms in total. The second-order valence-electron chi connectivity index (χ2n) is 4.71. The minimum Gasteiger partial charge on any atom is -0.313 e. The molecule has 2 aromatic carbocycles. The molecule has 2 aromatic rings. The van der Waals surface area contributed by atoms with Crippen molar-refractivity contribution in [1.29, 1.82) is 0 Å². The van der Waals surface area contributed by atoms with Gasteiger partial charge in [0.05, 0.1) is 0 Å². The first kappa shape index (κ1) is 14.0. The van der Waals surface area contributed by atoms with Crippen LogP contribution in [0.25, 0.3) is 11.1 Å². The van der Waals surface area contributed by atoms with E-state index in [0.717, 1.165) is 16.7 Å². The molecule has 3 heteroatoms. The summed E-state index contributed by atoms with van der Waals surface area (Å²) >= 11 is 6.29. The van der Waals surface area contributed by atoms with E-state index < -0.39 is 0 Å². The summed E-state index contributed by atoms with van der Waals surface area (Å²) in [5, 5.41) is 3.85. The quantitative estimate of drug-likeness (QED) is 0.855. The first-order chi connectivity index (χ1) is 9.02. The zero-order chi connectivity index (χ0) is 14.0. The van der Waals surface area contributed by atoms with Crippen molar-refractivity contribution in [2.45, 2.75) is 19.9 Å². The van der Waals surface area contributed by atoms with Gasteiger partial charge in [0.1, 0.15) is 5.82 Å². The van der Waals surface area contributed by atoms with E-state index in [-0.39, 0.29) is 11.9 Å². The van der Waals surface area contributed by atoms with Crippen LogP contribution in [-0.4, -0.2) is 7.05 Å². The smallest absolute Gasteiger partial charge is 0.126 e. The maximum atomic E-state index is 13.6. The maximum Gasteiger partial charge on any atom is 0.126 e. The molecule has 0 aliphatic rings. The molecule has 1 N–H and O–H groups in total. The predicted octanol–water partition coefficient (Wildman–Crippen LogP) is 4.73. The van der Waals surface area contributed by atoms with Gasteiger partial charge >= 0.3 is 0 Å². The van der Waals surface area contributed by atoms with Gasteiger partial charge in [0.15, 0.2) is 0 Å². The third-order valence-electron chi connectivity index (χ3n) is 3.41. The Balaban J connectivity index is 2.41. The van der Waals surface area contributed by atoms with Gasteiger partial charge in [0.2, 0.25) is 0 Å². The maximum absolute atomic E-state index is 13.6. The second kappa shape index (κ2) is 5.72. The molecule has 0 aliphatic heterocycles. The average molecular weight is 278 g/mol. The Bertz CT molecular complexity index is 595. The molecule has 0 saturated heterocycles. The summed E-state index contributed by atoms with van der Waals surface area (Å²) in [6.45, 7) is 3.80. The third kappa shape index (κ3) is 2.96. The zero-order valence-electron chi connectivity index (χ0n) is 11.3. The number of aryl methyl sites for hydroxylation is 1. The SMILES string of the molecule is CNC(C)c1ccc(-c2ccc(C)c(F)c2)cc1Cl. The van der Waals surface area contributed by atoms with Crippen LogP contribution in [-0.2, 0) is 0 Å². The van der Waals surface area contributed by atoms with E-state index >= 15 is 0 Å². The van der Waals surface area contributed by atoms with Gasteiger partial charge in [-0.15, -0.1) is 0 Å². The van der Waals surface area contributed by atoms with Crippen LogP contribution in [0.4, 0.5) is 4.39 Å². The van der Waals surface area contributed by atoms with Crippen molar-refractivity contribution in [3.05, 3.63) is 58.4 Å². The van der Waals surface area contributed by atoms with Crippen molar-refractivity contribution in [3.8, 4) is 11.1 Å². The van der Waals surface area contributed by atoms with Gasteiger partial charge in [-0.2, -0.15) is 0 Å². The molecule has 100 valence electrons. The van der Waals surface area contributed by atoms with Crippen LogP contribution in [0.2, 0.25) is 5.02 Å². The van der Waals surface area contributed by atoms with Crippen LogP contribution in [0.3, 0.4) is 0 Å². The van der Waals surface area contributed by atoms with Gasteiger partial charge in [-0.1, -0.05) is 35.9 Å². The molecule has 0 saturated carbocycles. The number of hydrogen-bond donors (Lipinski definition) is 1. The van der Waals surface area contributed by atoms with Crippen molar-refractivity contribution in [2.75, 3.05) is 7.05 Å². The lowest BCUT2D eigenvalue weighted by Gasteiger charge is -2.14. The summed E-state index contributed by atoms with van der Waals surface area (Å²) in [5.74, 6) is -0.193. The van der Waals surface area contributed by atoms with E-state index in [0.29, 0.717) is 10.6 Å². The Kier molecular flexibility index (Phi) is 4.23. The molecule has 0 aliphatic carbocycles. The first-order valence-corrected chi connectivity index (χ1v) is 6.64. The molecule has 0 spiro atoms. The van der Waals surface area contributed by atoms with Gasteiger partial charge in [-0.05, 0) is 55.3 Å². The fraction of sp³-hybridized carbons (Fsp3) is 0.250. The molecular formula is C16H17ClFN. The average Bonchev–Trinajstić information content (AvgIpc) is 2.41. The van der Waals surface area contributed by atoms with Gasteiger partial charge in [-0.3, -0.25) is 0 Å². The molecule has 0 bridgehead atoms. The third-order valence-corrected chi connectivity index (χ3v) is 3.73. The molecular weight excluding hydrogens is 261 g/mol. The van der Waals surface area contributed by atoms with Crippen molar-refractivity contribution < 1.29 is 4.39 Å². The van der Waals surface area contributed by atoms with E-state index in [1.807, 2.05) is 38.2 Å². The lowest BCUT2D eigenvalue weighted by molar-refractivity contribution is 0.619. The van der Waals surface area contributed by atoms with Gasteiger partial charge in [-0.25, -0.2) is 4.39 Å². The van der Waals surface area contributed by atoms with Crippen LogP contribution in [0, 0.1) is 12.7 Å². The highest BCUT2D eigenvalue weighted by atomic mass is 35.5. The highest BCUT2D eigenvalue weighted by Gasteiger charge is 2.09. The Labute approximate surface area is 118 Å². The molecule has 2 rings (SSSR count). The first-order valence-electron chi connectivity index (χ1n) is 6.26.